The molecule has 0 spiro atoms. The molecule has 0 saturated heterocycles. The van der Waals surface area contributed by atoms with E-state index in [1.807, 2.05) is 12.2 Å². The molecule has 0 bridgehead atoms. The summed E-state index contributed by atoms with van der Waals surface area (Å²) < 4.78 is 38.0. The topological polar surface area (TPSA) is 81.7 Å². The van der Waals surface area contributed by atoms with E-state index in [1.54, 1.807) is 0 Å². The third kappa shape index (κ3) is 4.29. The summed E-state index contributed by atoms with van der Waals surface area (Å²) in [6.45, 7) is 1.14. The minimum absolute atomic E-state index is 0.515. The fraction of sp³-hybridized carbons (Fsp3) is 0.353. The van der Waals surface area contributed by atoms with Crippen molar-refractivity contribution in [2.45, 2.75) is 32.0 Å². The molecule has 0 fully saturated rings. The van der Waals surface area contributed by atoms with E-state index in [4.69, 9.17) is 5.73 Å². The van der Waals surface area contributed by atoms with Gasteiger partial charge in [-0.05, 0) is 61.4 Å². The van der Waals surface area contributed by atoms with Gasteiger partial charge in [0.25, 0.3) is 0 Å². The van der Waals surface area contributed by atoms with Crippen LogP contribution in [0.5, 0.6) is 0 Å². The molecule has 3 N–H and O–H groups in total. The highest BCUT2D eigenvalue weighted by atomic mass is 19.4. The first-order valence-electron chi connectivity index (χ1n) is 8.29. The van der Waals surface area contributed by atoms with Crippen LogP contribution in [-0.2, 0) is 12.7 Å². The van der Waals surface area contributed by atoms with Crippen LogP contribution in [0.1, 0.15) is 30.7 Å². The van der Waals surface area contributed by atoms with Gasteiger partial charge in [0, 0.05) is 17.0 Å². The number of aryl methyl sites for hydroxylation is 1. The number of nitrogens with one attached hydrogen (secondary N) is 1. The monoisotopic (exact) mass is 364 g/mol. The molecule has 1 aromatic heterocycles. The van der Waals surface area contributed by atoms with Crippen molar-refractivity contribution in [3.8, 4) is 0 Å². The van der Waals surface area contributed by atoms with Gasteiger partial charge in [0.1, 0.15) is 0 Å². The number of alkyl halides is 3. The second-order valence-corrected chi connectivity index (χ2v) is 5.88. The summed E-state index contributed by atoms with van der Waals surface area (Å²) >= 11 is 0. The van der Waals surface area contributed by atoms with Gasteiger partial charge in [-0.2, -0.15) is 18.0 Å². The van der Waals surface area contributed by atoms with Crippen LogP contribution < -0.4 is 11.1 Å². The van der Waals surface area contributed by atoms with Crippen molar-refractivity contribution in [1.82, 2.24) is 20.2 Å². The van der Waals surface area contributed by atoms with Gasteiger partial charge in [-0.25, -0.2) is 0 Å². The summed E-state index contributed by atoms with van der Waals surface area (Å²) in [5.41, 5.74) is 7.01. The van der Waals surface area contributed by atoms with E-state index in [9.17, 15) is 13.2 Å². The van der Waals surface area contributed by atoms with Crippen LogP contribution in [0.15, 0.2) is 42.1 Å². The van der Waals surface area contributed by atoms with Gasteiger partial charge in [0.05, 0.1) is 12.1 Å². The molecule has 9 heteroatoms. The lowest BCUT2D eigenvalue weighted by atomic mass is 10.0. The number of hydrogen-bond donors (Lipinski definition) is 2. The lowest BCUT2D eigenvalue weighted by molar-refractivity contribution is -0.137. The number of rotatable bonds is 6. The highest BCUT2D eigenvalue weighted by molar-refractivity contribution is 5.72. The smallest absolute Gasteiger partial charge is 0.355 e. The molecule has 1 aliphatic rings. The largest absolute Gasteiger partial charge is 0.416 e. The predicted octanol–water partition coefficient (Wildman–Crippen LogP) is 3.21. The Kier molecular flexibility index (Phi) is 5.36. The zero-order chi connectivity index (χ0) is 18.6. The van der Waals surface area contributed by atoms with Gasteiger partial charge in [0.2, 0.25) is 5.82 Å². The molecule has 0 radical (unpaired) electrons. The van der Waals surface area contributed by atoms with Gasteiger partial charge in [-0.3, -0.25) is 0 Å². The van der Waals surface area contributed by atoms with E-state index >= 15 is 0 Å². The Bertz CT molecular complexity index is 805. The van der Waals surface area contributed by atoms with Crippen molar-refractivity contribution in [3.63, 3.8) is 0 Å². The standard InChI is InChI=1S/C17H19F3N6/c18-17(19,20)12-6-8-13(9-7-12)22-15-5-2-1-4-14(15)16-23-25-26(24-16)11-3-10-21/h2,5-9,22H,1,3-4,10-11,21H2. The molecule has 2 aromatic rings. The van der Waals surface area contributed by atoms with Gasteiger partial charge in [-0.1, -0.05) is 6.08 Å². The molecule has 6 nitrogen and oxygen atoms in total. The summed E-state index contributed by atoms with van der Waals surface area (Å²) in [5.74, 6) is 0.515. The lowest BCUT2D eigenvalue weighted by Gasteiger charge is -2.16. The minimum atomic E-state index is -4.35. The summed E-state index contributed by atoms with van der Waals surface area (Å²) in [6.07, 6.45) is 1.85. The van der Waals surface area contributed by atoms with Crippen molar-refractivity contribution >= 4 is 11.3 Å². The molecule has 1 aliphatic carbocycles. The van der Waals surface area contributed by atoms with Crippen molar-refractivity contribution < 1.29 is 13.2 Å². The summed E-state index contributed by atoms with van der Waals surface area (Å²) in [4.78, 5) is 1.50. The predicted molar refractivity (Wildman–Crippen MR) is 91.8 cm³/mol. The van der Waals surface area contributed by atoms with Crippen LogP contribution in [0.2, 0.25) is 0 Å². The van der Waals surface area contributed by atoms with E-state index < -0.39 is 11.7 Å². The zero-order valence-corrected chi connectivity index (χ0v) is 14.0. The van der Waals surface area contributed by atoms with Crippen LogP contribution in [0.25, 0.3) is 5.57 Å². The van der Waals surface area contributed by atoms with E-state index in [1.165, 1.54) is 16.9 Å². The van der Waals surface area contributed by atoms with Gasteiger partial charge >= 0.3 is 6.18 Å². The van der Waals surface area contributed by atoms with Gasteiger partial charge < -0.3 is 11.1 Å². The zero-order valence-electron chi connectivity index (χ0n) is 14.0. The number of halogens is 3. The van der Waals surface area contributed by atoms with E-state index in [-0.39, 0.29) is 0 Å². The maximum Gasteiger partial charge on any atom is 0.416 e. The number of allylic oxidation sites excluding steroid dienone is 3. The molecule has 1 heterocycles. The average Bonchev–Trinajstić information content (AvgIpc) is 3.09. The fourth-order valence-electron chi connectivity index (χ4n) is 2.60. The second kappa shape index (κ2) is 7.69. The van der Waals surface area contributed by atoms with E-state index in [0.29, 0.717) is 24.6 Å². The lowest BCUT2D eigenvalue weighted by Crippen LogP contribution is -2.09. The number of nitrogens with zero attached hydrogens (tertiary/aromatic N) is 4. The third-order valence-electron chi connectivity index (χ3n) is 3.95. The molecule has 3 rings (SSSR count). The van der Waals surface area contributed by atoms with Crippen LogP contribution in [0.3, 0.4) is 0 Å². The van der Waals surface area contributed by atoms with Crippen LogP contribution in [0, 0.1) is 0 Å². The quantitative estimate of drug-likeness (QED) is 0.823. The maximum absolute atomic E-state index is 12.7. The normalized spacial score (nSPS) is 14.8. The van der Waals surface area contributed by atoms with Crippen LogP contribution in [-0.4, -0.2) is 26.8 Å². The average molecular weight is 364 g/mol. The molecule has 0 aliphatic heterocycles. The van der Waals surface area contributed by atoms with Crippen molar-refractivity contribution in [2.75, 3.05) is 11.9 Å². The molecular formula is C17H19F3N6. The number of tetrazole rings is 1. The molecule has 26 heavy (non-hydrogen) atoms. The first kappa shape index (κ1) is 18.1. The number of benzene rings is 1. The molecular weight excluding hydrogens is 345 g/mol. The minimum Gasteiger partial charge on any atom is -0.355 e. The van der Waals surface area contributed by atoms with Crippen molar-refractivity contribution in [2.24, 2.45) is 5.73 Å². The number of hydrogen-bond acceptors (Lipinski definition) is 5. The van der Waals surface area contributed by atoms with Gasteiger partial charge in [0.15, 0.2) is 0 Å². The second-order valence-electron chi connectivity index (χ2n) is 5.88. The van der Waals surface area contributed by atoms with Crippen molar-refractivity contribution in [3.05, 3.63) is 53.5 Å². The Labute approximate surface area is 148 Å². The summed E-state index contributed by atoms with van der Waals surface area (Å²) in [7, 11) is 0. The molecule has 0 unspecified atom stereocenters. The highest BCUT2D eigenvalue weighted by Gasteiger charge is 2.30. The fourth-order valence-corrected chi connectivity index (χ4v) is 2.60. The molecule has 1 aromatic carbocycles. The van der Waals surface area contributed by atoms with Gasteiger partial charge in [-0.15, -0.1) is 10.2 Å². The number of aromatic nitrogens is 4. The van der Waals surface area contributed by atoms with Crippen LogP contribution >= 0.6 is 0 Å². The van der Waals surface area contributed by atoms with E-state index in [2.05, 4.69) is 20.7 Å². The third-order valence-corrected chi connectivity index (χ3v) is 3.95. The van der Waals surface area contributed by atoms with Crippen molar-refractivity contribution in [1.29, 1.82) is 0 Å². The maximum atomic E-state index is 12.7. The SMILES string of the molecule is NCCCn1nnc(C2=C(Nc3ccc(C(F)(F)F)cc3)C=CCC2)n1. The number of nitrogens with two attached hydrogens (primary N) is 1. The Morgan fingerprint density at radius 2 is 1.96 bits per heavy atom. The Balaban J connectivity index is 1.81. The van der Waals surface area contributed by atoms with E-state index in [0.717, 1.165) is 42.7 Å². The summed E-state index contributed by atoms with van der Waals surface area (Å²) in [5, 5.41) is 15.6. The summed E-state index contributed by atoms with van der Waals surface area (Å²) in [6, 6.07) is 4.91. The first-order chi connectivity index (χ1) is 12.5. The molecule has 0 atom stereocenters. The Morgan fingerprint density at radius 3 is 2.65 bits per heavy atom. The molecule has 0 saturated carbocycles. The van der Waals surface area contributed by atoms with Crippen LogP contribution in [0.4, 0.5) is 18.9 Å². The Hall–Kier alpha value is -2.68. The number of anilines is 1. The molecule has 138 valence electrons. The first-order valence-corrected chi connectivity index (χ1v) is 8.29. The highest BCUT2D eigenvalue weighted by Crippen LogP contribution is 2.31. The molecule has 0 amide bonds. The Morgan fingerprint density at radius 1 is 1.19 bits per heavy atom.